The lowest BCUT2D eigenvalue weighted by molar-refractivity contribution is -0.0490. The zero-order valence-corrected chi connectivity index (χ0v) is 10.9. The lowest BCUT2D eigenvalue weighted by Gasteiger charge is -2.33. The van der Waals surface area contributed by atoms with Gasteiger partial charge in [0.25, 0.3) is 0 Å². The van der Waals surface area contributed by atoms with Crippen molar-refractivity contribution in [1.29, 1.82) is 0 Å². The van der Waals surface area contributed by atoms with Crippen molar-refractivity contribution in [3.05, 3.63) is 0 Å². The first-order valence-electron chi connectivity index (χ1n) is 6.01. The normalized spacial score (nSPS) is 18.9. The maximum Gasteiger partial charge on any atom is 0.425 e. The number of hydrogen-bond donors (Lipinski definition) is 2. The topological polar surface area (TPSA) is 65.0 Å². The highest BCUT2D eigenvalue weighted by Crippen LogP contribution is 2.12. The standard InChI is InChI=1S/C11H23N3O3/c1-11(2,3)17-10(16)14-7-5-12-4-6-13(14)8-9-15/h12,15H,4-9H2,1-3H3. The Labute approximate surface area is 102 Å². The first kappa shape index (κ1) is 14.2. The van der Waals surface area contributed by atoms with Crippen molar-refractivity contribution in [2.75, 3.05) is 39.3 Å². The number of hydrogen-bond acceptors (Lipinski definition) is 5. The van der Waals surface area contributed by atoms with Crippen LogP contribution in [0.1, 0.15) is 20.8 Å². The zero-order valence-electron chi connectivity index (χ0n) is 10.9. The van der Waals surface area contributed by atoms with Crippen molar-refractivity contribution in [3.8, 4) is 0 Å². The molecular formula is C11H23N3O3. The van der Waals surface area contributed by atoms with Gasteiger partial charge in [-0.1, -0.05) is 0 Å². The SMILES string of the molecule is CC(C)(C)OC(=O)N1CCNCCN1CCO. The molecule has 0 unspecified atom stereocenters. The van der Waals surface area contributed by atoms with Gasteiger partial charge in [0.1, 0.15) is 5.60 Å². The number of nitrogens with zero attached hydrogens (tertiary/aromatic N) is 2. The fourth-order valence-corrected chi connectivity index (χ4v) is 1.65. The van der Waals surface area contributed by atoms with Crippen LogP contribution in [0, 0.1) is 0 Å². The molecular weight excluding hydrogens is 222 g/mol. The Bertz CT molecular complexity index is 253. The molecule has 1 fully saturated rings. The van der Waals surface area contributed by atoms with Gasteiger partial charge in [0.15, 0.2) is 0 Å². The predicted molar refractivity (Wildman–Crippen MR) is 64.5 cm³/mol. The summed E-state index contributed by atoms with van der Waals surface area (Å²) >= 11 is 0. The Balaban J connectivity index is 2.64. The fourth-order valence-electron chi connectivity index (χ4n) is 1.65. The molecule has 2 N–H and O–H groups in total. The monoisotopic (exact) mass is 245 g/mol. The van der Waals surface area contributed by atoms with Crippen LogP contribution < -0.4 is 5.32 Å². The molecule has 1 heterocycles. The Kier molecular flexibility index (Phi) is 5.17. The summed E-state index contributed by atoms with van der Waals surface area (Å²) in [7, 11) is 0. The Morgan fingerprint density at radius 1 is 1.35 bits per heavy atom. The molecule has 0 atom stereocenters. The Morgan fingerprint density at radius 3 is 2.59 bits per heavy atom. The van der Waals surface area contributed by atoms with Crippen LogP contribution in [0.4, 0.5) is 4.79 Å². The summed E-state index contributed by atoms with van der Waals surface area (Å²) in [5, 5.41) is 15.6. The van der Waals surface area contributed by atoms with E-state index in [1.165, 1.54) is 0 Å². The third kappa shape index (κ3) is 4.89. The number of carbonyl (C=O) groups is 1. The summed E-state index contributed by atoms with van der Waals surface area (Å²) in [6.07, 6.45) is -0.352. The van der Waals surface area contributed by atoms with Gasteiger partial charge in [0, 0.05) is 26.2 Å². The summed E-state index contributed by atoms with van der Waals surface area (Å²) in [4.78, 5) is 12.0. The fraction of sp³-hybridized carbons (Fsp3) is 0.909. The number of rotatable bonds is 2. The average molecular weight is 245 g/mol. The van der Waals surface area contributed by atoms with Gasteiger partial charge in [-0.2, -0.15) is 0 Å². The molecule has 6 nitrogen and oxygen atoms in total. The first-order chi connectivity index (χ1) is 7.94. The van der Waals surface area contributed by atoms with Crippen molar-refractivity contribution in [3.63, 3.8) is 0 Å². The second-order valence-corrected chi connectivity index (χ2v) is 5.03. The summed E-state index contributed by atoms with van der Waals surface area (Å²) in [5.41, 5.74) is -0.498. The molecule has 0 aromatic heterocycles. The van der Waals surface area contributed by atoms with Crippen LogP contribution in [0.15, 0.2) is 0 Å². The molecule has 6 heteroatoms. The number of β-amino-alcohol motifs (C(OH)–C–C–N with tert-alkyl or cyclic N) is 1. The van der Waals surface area contributed by atoms with E-state index in [2.05, 4.69) is 5.32 Å². The van der Waals surface area contributed by atoms with Crippen molar-refractivity contribution in [2.24, 2.45) is 0 Å². The van der Waals surface area contributed by atoms with Crippen molar-refractivity contribution < 1.29 is 14.6 Å². The Hall–Kier alpha value is -0.850. The smallest absolute Gasteiger partial charge is 0.425 e. The van der Waals surface area contributed by atoms with Gasteiger partial charge < -0.3 is 15.2 Å². The van der Waals surface area contributed by atoms with E-state index in [1.807, 2.05) is 25.8 Å². The minimum absolute atomic E-state index is 0.0271. The molecule has 0 bridgehead atoms. The van der Waals surface area contributed by atoms with E-state index in [1.54, 1.807) is 5.01 Å². The molecule has 0 radical (unpaired) electrons. The second kappa shape index (κ2) is 6.18. The van der Waals surface area contributed by atoms with Crippen LogP contribution in [0.3, 0.4) is 0 Å². The number of hydrazine groups is 1. The maximum atomic E-state index is 12.0. The number of aliphatic hydroxyl groups is 1. The van der Waals surface area contributed by atoms with Gasteiger partial charge in [0.2, 0.25) is 0 Å². The lowest BCUT2D eigenvalue weighted by atomic mass is 10.2. The van der Waals surface area contributed by atoms with E-state index >= 15 is 0 Å². The molecule has 0 saturated carbocycles. The van der Waals surface area contributed by atoms with Crippen LogP contribution in [-0.2, 0) is 4.74 Å². The molecule has 1 saturated heterocycles. The van der Waals surface area contributed by atoms with Crippen LogP contribution in [0.5, 0.6) is 0 Å². The van der Waals surface area contributed by atoms with Crippen LogP contribution in [0.25, 0.3) is 0 Å². The lowest BCUT2D eigenvalue weighted by Crippen LogP contribution is -2.50. The molecule has 0 aliphatic carbocycles. The highest BCUT2D eigenvalue weighted by atomic mass is 16.6. The average Bonchev–Trinajstić information content (AvgIpc) is 2.41. The van der Waals surface area contributed by atoms with Crippen molar-refractivity contribution in [1.82, 2.24) is 15.3 Å². The second-order valence-electron chi connectivity index (χ2n) is 5.03. The Morgan fingerprint density at radius 2 is 2.00 bits per heavy atom. The van der Waals surface area contributed by atoms with Crippen LogP contribution in [-0.4, -0.2) is 66.1 Å². The first-order valence-corrected chi connectivity index (χ1v) is 6.01. The van der Waals surface area contributed by atoms with E-state index in [0.29, 0.717) is 19.6 Å². The number of aliphatic hydroxyl groups excluding tert-OH is 1. The highest BCUT2D eigenvalue weighted by Gasteiger charge is 2.27. The van der Waals surface area contributed by atoms with Crippen LogP contribution >= 0.6 is 0 Å². The van der Waals surface area contributed by atoms with E-state index in [4.69, 9.17) is 9.84 Å². The molecule has 17 heavy (non-hydrogen) atoms. The zero-order chi connectivity index (χ0) is 12.9. The molecule has 0 aromatic rings. The van der Waals surface area contributed by atoms with E-state index < -0.39 is 5.60 Å². The molecule has 0 spiro atoms. The largest absolute Gasteiger partial charge is 0.443 e. The third-order valence-corrected chi connectivity index (χ3v) is 2.35. The molecule has 100 valence electrons. The van der Waals surface area contributed by atoms with E-state index in [-0.39, 0.29) is 12.7 Å². The maximum absolute atomic E-state index is 12.0. The van der Waals surface area contributed by atoms with Gasteiger partial charge in [0.05, 0.1) is 13.2 Å². The summed E-state index contributed by atoms with van der Waals surface area (Å²) < 4.78 is 5.35. The minimum Gasteiger partial charge on any atom is -0.443 e. The van der Waals surface area contributed by atoms with Crippen molar-refractivity contribution in [2.45, 2.75) is 26.4 Å². The van der Waals surface area contributed by atoms with Gasteiger partial charge in [-0.25, -0.2) is 14.8 Å². The molecule has 1 aliphatic rings. The summed E-state index contributed by atoms with van der Waals surface area (Å²) in [6.45, 7) is 8.81. The number of ether oxygens (including phenoxy) is 1. The molecule has 1 rings (SSSR count). The quantitative estimate of drug-likeness (QED) is 0.719. The third-order valence-electron chi connectivity index (χ3n) is 2.35. The number of amides is 1. The number of carbonyl (C=O) groups excluding carboxylic acids is 1. The van der Waals surface area contributed by atoms with Gasteiger partial charge in [-0.15, -0.1) is 0 Å². The number of nitrogens with one attached hydrogen (secondary N) is 1. The van der Waals surface area contributed by atoms with Crippen molar-refractivity contribution >= 4 is 6.09 Å². The predicted octanol–water partition coefficient (Wildman–Crippen LogP) is 0.0360. The summed E-state index contributed by atoms with van der Waals surface area (Å²) in [6, 6.07) is 0. The highest BCUT2D eigenvalue weighted by molar-refractivity contribution is 5.67. The molecule has 1 amide bonds. The van der Waals surface area contributed by atoms with E-state index in [0.717, 1.165) is 13.1 Å². The summed E-state index contributed by atoms with van der Waals surface area (Å²) in [5.74, 6) is 0. The van der Waals surface area contributed by atoms with Crippen LogP contribution in [0.2, 0.25) is 0 Å². The molecule has 1 aliphatic heterocycles. The van der Waals surface area contributed by atoms with Gasteiger partial charge in [-0.05, 0) is 20.8 Å². The van der Waals surface area contributed by atoms with Gasteiger partial charge >= 0.3 is 6.09 Å². The minimum atomic E-state index is -0.498. The van der Waals surface area contributed by atoms with Gasteiger partial charge in [-0.3, -0.25) is 0 Å². The van der Waals surface area contributed by atoms with E-state index in [9.17, 15) is 4.79 Å². The molecule has 0 aromatic carbocycles.